The molecule has 0 aliphatic rings. The first kappa shape index (κ1) is 20.4. The van der Waals surface area contributed by atoms with Gasteiger partial charge in [-0.05, 0) is 34.6 Å². The fraction of sp³-hybridized carbons (Fsp3) is 0.300. The van der Waals surface area contributed by atoms with Gasteiger partial charge in [0.05, 0.1) is 5.75 Å². The number of hydrogen-bond donors (Lipinski definition) is 1. The second-order valence-electron chi connectivity index (χ2n) is 7.64. The Bertz CT molecular complexity index is 1100. The fourth-order valence-electron chi connectivity index (χ4n) is 2.65. The van der Waals surface area contributed by atoms with Gasteiger partial charge in [-0.3, -0.25) is 0 Å². The number of nitrogens with two attached hydrogens (primary N) is 1. The average molecular weight is 443 g/mol. The van der Waals surface area contributed by atoms with Crippen LogP contribution in [0.1, 0.15) is 38.0 Å². The molecule has 0 aliphatic carbocycles. The van der Waals surface area contributed by atoms with Crippen LogP contribution in [0.25, 0.3) is 11.4 Å². The Morgan fingerprint density at radius 1 is 1.17 bits per heavy atom. The van der Waals surface area contributed by atoms with E-state index in [0.717, 1.165) is 11.3 Å². The molecule has 0 bridgehead atoms. The summed E-state index contributed by atoms with van der Waals surface area (Å²) in [5.74, 6) is 8.93. The molecule has 2 N–H and O–H groups in total. The quantitative estimate of drug-likeness (QED) is 0.334. The van der Waals surface area contributed by atoms with E-state index in [2.05, 4.69) is 53.2 Å². The summed E-state index contributed by atoms with van der Waals surface area (Å²) in [6.07, 6.45) is 0. The van der Waals surface area contributed by atoms with Crippen LogP contribution in [0.15, 0.2) is 50.8 Å². The molecule has 0 spiro atoms. The molecule has 1 aromatic carbocycles. The van der Waals surface area contributed by atoms with Crippen molar-refractivity contribution in [1.29, 1.82) is 0 Å². The Morgan fingerprint density at radius 2 is 1.97 bits per heavy atom. The molecule has 10 heteroatoms. The van der Waals surface area contributed by atoms with Crippen LogP contribution in [-0.4, -0.2) is 25.0 Å². The first-order chi connectivity index (χ1) is 14.4. The second kappa shape index (κ2) is 8.49. The van der Waals surface area contributed by atoms with E-state index in [1.165, 1.54) is 22.0 Å². The molecule has 0 amide bonds. The standard InChI is InChI=1S/C20H22N6O2S2/c1-20(2,3)14-4-6-15(7-5-14)27-10-16-23-24-19(26(16)21)30-12-17-22-18(25-28-17)13-8-9-29-11-13/h4-9,11H,10,12,21H2,1-3H3. The highest BCUT2D eigenvalue weighted by molar-refractivity contribution is 7.98. The number of aromatic nitrogens is 5. The van der Waals surface area contributed by atoms with Gasteiger partial charge in [-0.1, -0.05) is 49.8 Å². The number of nitrogen functional groups attached to an aromatic ring is 1. The molecule has 0 radical (unpaired) electrons. The number of benzene rings is 1. The smallest absolute Gasteiger partial charge is 0.237 e. The zero-order valence-electron chi connectivity index (χ0n) is 16.9. The summed E-state index contributed by atoms with van der Waals surface area (Å²) >= 11 is 2.96. The predicted molar refractivity (Wildman–Crippen MR) is 117 cm³/mol. The summed E-state index contributed by atoms with van der Waals surface area (Å²) < 4.78 is 12.5. The van der Waals surface area contributed by atoms with Crippen molar-refractivity contribution in [3.63, 3.8) is 0 Å². The minimum Gasteiger partial charge on any atom is -0.486 e. The minimum atomic E-state index is 0.102. The monoisotopic (exact) mass is 442 g/mol. The molecule has 30 heavy (non-hydrogen) atoms. The van der Waals surface area contributed by atoms with Gasteiger partial charge in [0.2, 0.25) is 16.9 Å². The highest BCUT2D eigenvalue weighted by Crippen LogP contribution is 2.25. The third kappa shape index (κ3) is 4.65. The lowest BCUT2D eigenvalue weighted by Gasteiger charge is -2.19. The van der Waals surface area contributed by atoms with Gasteiger partial charge in [0.1, 0.15) is 12.4 Å². The molecule has 3 heterocycles. The summed E-state index contributed by atoms with van der Waals surface area (Å²) in [7, 11) is 0. The van der Waals surface area contributed by atoms with Crippen LogP contribution in [0.4, 0.5) is 0 Å². The minimum absolute atomic E-state index is 0.102. The van der Waals surface area contributed by atoms with Crippen molar-refractivity contribution in [3.8, 4) is 17.1 Å². The van der Waals surface area contributed by atoms with Crippen molar-refractivity contribution in [2.45, 2.75) is 43.7 Å². The topological polar surface area (TPSA) is 105 Å². The van der Waals surface area contributed by atoms with Gasteiger partial charge in [-0.2, -0.15) is 16.3 Å². The van der Waals surface area contributed by atoms with E-state index in [0.29, 0.717) is 28.4 Å². The highest BCUT2D eigenvalue weighted by Gasteiger charge is 2.15. The van der Waals surface area contributed by atoms with Crippen LogP contribution in [0.5, 0.6) is 5.75 Å². The number of rotatable bonds is 7. The van der Waals surface area contributed by atoms with Crippen LogP contribution in [0.3, 0.4) is 0 Å². The van der Waals surface area contributed by atoms with E-state index < -0.39 is 0 Å². The van der Waals surface area contributed by atoms with Crippen LogP contribution in [0, 0.1) is 0 Å². The Labute approximate surface area is 182 Å². The zero-order chi connectivity index (χ0) is 21.1. The van der Waals surface area contributed by atoms with Crippen LogP contribution < -0.4 is 10.6 Å². The molecular weight excluding hydrogens is 420 g/mol. The Balaban J connectivity index is 1.33. The van der Waals surface area contributed by atoms with Gasteiger partial charge >= 0.3 is 0 Å². The van der Waals surface area contributed by atoms with E-state index >= 15 is 0 Å². The summed E-state index contributed by atoms with van der Waals surface area (Å²) in [6.45, 7) is 6.75. The third-order valence-electron chi connectivity index (χ3n) is 4.40. The highest BCUT2D eigenvalue weighted by atomic mass is 32.2. The molecule has 0 fully saturated rings. The molecule has 8 nitrogen and oxygen atoms in total. The fourth-order valence-corrected chi connectivity index (χ4v) is 4.00. The second-order valence-corrected chi connectivity index (χ2v) is 9.37. The Morgan fingerprint density at radius 3 is 2.67 bits per heavy atom. The van der Waals surface area contributed by atoms with Crippen LogP contribution in [-0.2, 0) is 17.8 Å². The number of thiophene rings is 1. The van der Waals surface area contributed by atoms with Gasteiger partial charge in [0.15, 0.2) is 5.82 Å². The maximum absolute atomic E-state index is 6.12. The van der Waals surface area contributed by atoms with Crippen molar-refractivity contribution in [3.05, 3.63) is 58.4 Å². The largest absolute Gasteiger partial charge is 0.486 e. The first-order valence-corrected chi connectivity index (χ1v) is 11.2. The average Bonchev–Trinajstić information content (AvgIpc) is 3.46. The molecule has 0 aliphatic heterocycles. The lowest BCUT2D eigenvalue weighted by molar-refractivity contribution is 0.291. The molecular formula is C20H22N6O2S2. The number of hydrogen-bond acceptors (Lipinski definition) is 9. The SMILES string of the molecule is CC(C)(C)c1ccc(OCc2nnc(SCc3nc(-c4ccsc4)no3)n2N)cc1. The Hall–Kier alpha value is -2.85. The van der Waals surface area contributed by atoms with Crippen molar-refractivity contribution < 1.29 is 9.26 Å². The molecule has 0 saturated heterocycles. The van der Waals surface area contributed by atoms with Crippen LogP contribution >= 0.6 is 23.1 Å². The van der Waals surface area contributed by atoms with E-state index in [1.807, 2.05) is 29.0 Å². The molecule has 156 valence electrons. The van der Waals surface area contributed by atoms with Crippen molar-refractivity contribution in [1.82, 2.24) is 25.0 Å². The van der Waals surface area contributed by atoms with Crippen LogP contribution in [0.2, 0.25) is 0 Å². The molecule has 0 atom stereocenters. The molecule has 4 aromatic rings. The molecule has 0 unspecified atom stereocenters. The number of ether oxygens (including phenoxy) is 1. The lowest BCUT2D eigenvalue weighted by Crippen LogP contribution is -2.16. The summed E-state index contributed by atoms with van der Waals surface area (Å²) in [6, 6.07) is 9.99. The van der Waals surface area contributed by atoms with Gasteiger partial charge in [-0.15, -0.1) is 10.2 Å². The molecule has 3 aromatic heterocycles. The van der Waals surface area contributed by atoms with Crippen molar-refractivity contribution in [2.24, 2.45) is 0 Å². The summed E-state index contributed by atoms with van der Waals surface area (Å²) in [5, 5.41) is 16.7. The van der Waals surface area contributed by atoms with Gasteiger partial charge in [0, 0.05) is 10.9 Å². The molecule has 4 rings (SSSR count). The Kier molecular flexibility index (Phi) is 5.78. The van der Waals surface area contributed by atoms with Crippen molar-refractivity contribution in [2.75, 3.05) is 5.84 Å². The van der Waals surface area contributed by atoms with E-state index in [4.69, 9.17) is 15.1 Å². The zero-order valence-corrected chi connectivity index (χ0v) is 18.5. The molecule has 0 saturated carbocycles. The summed E-state index contributed by atoms with van der Waals surface area (Å²) in [5.41, 5.74) is 2.29. The number of nitrogens with zero attached hydrogens (tertiary/aromatic N) is 5. The van der Waals surface area contributed by atoms with E-state index in [1.54, 1.807) is 11.3 Å². The predicted octanol–water partition coefficient (Wildman–Crippen LogP) is 4.27. The van der Waals surface area contributed by atoms with Gasteiger partial charge < -0.3 is 15.1 Å². The van der Waals surface area contributed by atoms with E-state index in [9.17, 15) is 0 Å². The maximum atomic E-state index is 6.12. The first-order valence-electron chi connectivity index (χ1n) is 9.31. The van der Waals surface area contributed by atoms with Gasteiger partial charge in [-0.25, -0.2) is 4.68 Å². The maximum Gasteiger partial charge on any atom is 0.237 e. The van der Waals surface area contributed by atoms with Crippen molar-refractivity contribution >= 4 is 23.1 Å². The lowest BCUT2D eigenvalue weighted by atomic mass is 9.87. The van der Waals surface area contributed by atoms with Gasteiger partial charge in [0.25, 0.3) is 0 Å². The third-order valence-corrected chi connectivity index (χ3v) is 6.01. The normalized spacial score (nSPS) is 11.7. The number of thioether (sulfide) groups is 1. The van der Waals surface area contributed by atoms with E-state index in [-0.39, 0.29) is 12.0 Å². The summed E-state index contributed by atoms with van der Waals surface area (Å²) in [4.78, 5) is 4.39.